The minimum atomic E-state index is -0.760. The number of hydrogen-bond donors (Lipinski definition) is 2. The highest BCUT2D eigenvalue weighted by molar-refractivity contribution is 5.73. The largest absolute Gasteiger partial charge is 0.480 e. The number of rotatable bonds is 5. The Morgan fingerprint density at radius 2 is 2.25 bits per heavy atom. The molecule has 2 N–H and O–H groups in total. The minimum Gasteiger partial charge on any atom is -0.480 e. The lowest BCUT2D eigenvalue weighted by atomic mass is 10.1. The van der Waals surface area contributed by atoms with Gasteiger partial charge in [-0.1, -0.05) is 0 Å². The molecule has 94 valence electrons. The Morgan fingerprint density at radius 1 is 1.56 bits per heavy atom. The van der Waals surface area contributed by atoms with Gasteiger partial charge in [0.2, 0.25) is 0 Å². The molecule has 0 saturated carbocycles. The van der Waals surface area contributed by atoms with Crippen LogP contribution in [0.4, 0.5) is 0 Å². The van der Waals surface area contributed by atoms with E-state index in [0.717, 1.165) is 26.2 Å². The van der Waals surface area contributed by atoms with Crippen LogP contribution in [-0.4, -0.2) is 73.2 Å². The van der Waals surface area contributed by atoms with Crippen LogP contribution in [0, 0.1) is 0 Å². The van der Waals surface area contributed by atoms with Gasteiger partial charge >= 0.3 is 5.97 Å². The summed E-state index contributed by atoms with van der Waals surface area (Å²) >= 11 is 0. The predicted octanol–water partition coefficient (Wildman–Crippen LogP) is -0.315. The van der Waals surface area contributed by atoms with Gasteiger partial charge in [-0.2, -0.15) is 0 Å². The van der Waals surface area contributed by atoms with Gasteiger partial charge in [0.05, 0.1) is 0 Å². The number of nitrogens with zero attached hydrogens (tertiary/aromatic N) is 2. The molecular weight excluding hydrogens is 206 g/mol. The van der Waals surface area contributed by atoms with E-state index in [-0.39, 0.29) is 0 Å². The Hall–Kier alpha value is -0.650. The Kier molecular flexibility index (Phi) is 5.18. The number of likely N-dealkylation sites (N-methyl/N-ethyl adjacent to an activating group) is 2. The second kappa shape index (κ2) is 6.18. The predicted molar refractivity (Wildman–Crippen MR) is 63.6 cm³/mol. The second-order valence-corrected chi connectivity index (χ2v) is 4.60. The average Bonchev–Trinajstić information content (AvgIpc) is 2.23. The van der Waals surface area contributed by atoms with Crippen molar-refractivity contribution in [3.8, 4) is 0 Å². The molecule has 0 spiro atoms. The van der Waals surface area contributed by atoms with Crippen molar-refractivity contribution < 1.29 is 9.90 Å². The molecule has 0 bridgehead atoms. The number of carbonyl (C=O) groups is 1. The number of carboxylic acid groups (broad SMARTS) is 1. The fourth-order valence-corrected chi connectivity index (χ4v) is 2.03. The number of carboxylic acids is 1. The first kappa shape index (κ1) is 13.4. The molecule has 1 saturated heterocycles. The summed E-state index contributed by atoms with van der Waals surface area (Å²) in [5.74, 6) is -0.760. The zero-order valence-electron chi connectivity index (χ0n) is 10.4. The molecule has 0 aliphatic carbocycles. The van der Waals surface area contributed by atoms with Gasteiger partial charge < -0.3 is 20.2 Å². The molecule has 0 aromatic heterocycles. The van der Waals surface area contributed by atoms with E-state index in [1.807, 2.05) is 0 Å². The molecular formula is C11H23N3O2. The first-order valence-corrected chi connectivity index (χ1v) is 5.87. The zero-order valence-corrected chi connectivity index (χ0v) is 10.4. The quantitative estimate of drug-likeness (QED) is 0.677. The summed E-state index contributed by atoms with van der Waals surface area (Å²) in [5, 5.41) is 11.7. The lowest BCUT2D eigenvalue weighted by Gasteiger charge is -2.38. The molecule has 16 heavy (non-hydrogen) atoms. The van der Waals surface area contributed by atoms with E-state index in [1.165, 1.54) is 0 Å². The molecule has 5 nitrogen and oxygen atoms in total. The normalized spacial score (nSPS) is 25.6. The van der Waals surface area contributed by atoms with Crippen molar-refractivity contribution in [3.05, 3.63) is 0 Å². The third-order valence-electron chi connectivity index (χ3n) is 3.42. The van der Waals surface area contributed by atoms with E-state index in [2.05, 4.69) is 29.1 Å². The number of hydrogen-bond acceptors (Lipinski definition) is 4. The summed E-state index contributed by atoms with van der Waals surface area (Å²) in [7, 11) is 3.83. The van der Waals surface area contributed by atoms with Crippen LogP contribution >= 0.6 is 0 Å². The molecule has 1 aliphatic rings. The molecule has 0 aromatic carbocycles. The van der Waals surface area contributed by atoms with Gasteiger partial charge in [0.25, 0.3) is 0 Å². The van der Waals surface area contributed by atoms with E-state index in [1.54, 1.807) is 7.05 Å². The van der Waals surface area contributed by atoms with Crippen LogP contribution in [0.5, 0.6) is 0 Å². The summed E-state index contributed by atoms with van der Waals surface area (Å²) in [4.78, 5) is 15.5. The average molecular weight is 229 g/mol. The van der Waals surface area contributed by atoms with Crippen molar-refractivity contribution in [2.45, 2.75) is 25.4 Å². The zero-order chi connectivity index (χ0) is 12.1. The molecule has 5 heteroatoms. The fraction of sp³-hybridized carbons (Fsp3) is 0.909. The first-order valence-electron chi connectivity index (χ1n) is 5.87. The van der Waals surface area contributed by atoms with Crippen molar-refractivity contribution in [3.63, 3.8) is 0 Å². The van der Waals surface area contributed by atoms with Gasteiger partial charge in [0.15, 0.2) is 0 Å². The third-order valence-corrected chi connectivity index (χ3v) is 3.42. The van der Waals surface area contributed by atoms with E-state index in [9.17, 15) is 4.79 Å². The first-order chi connectivity index (χ1) is 7.54. The van der Waals surface area contributed by atoms with Crippen LogP contribution in [0.15, 0.2) is 0 Å². The highest BCUT2D eigenvalue weighted by Gasteiger charge is 2.22. The topological polar surface area (TPSA) is 55.8 Å². The van der Waals surface area contributed by atoms with Crippen molar-refractivity contribution in [2.24, 2.45) is 0 Å². The summed E-state index contributed by atoms with van der Waals surface area (Å²) in [6.07, 6.45) is 0.669. The number of piperazine rings is 1. The van der Waals surface area contributed by atoms with E-state index in [0.29, 0.717) is 12.5 Å². The molecule has 2 unspecified atom stereocenters. The van der Waals surface area contributed by atoms with Gasteiger partial charge in [-0.05, 0) is 27.4 Å². The summed E-state index contributed by atoms with van der Waals surface area (Å²) in [5.41, 5.74) is 0. The Bertz CT molecular complexity index is 235. The van der Waals surface area contributed by atoms with Gasteiger partial charge in [0.1, 0.15) is 6.04 Å². The molecule has 1 aliphatic heterocycles. The Balaban J connectivity index is 2.30. The number of nitrogens with one attached hydrogen (secondary N) is 1. The van der Waals surface area contributed by atoms with Crippen LogP contribution in [0.25, 0.3) is 0 Å². The van der Waals surface area contributed by atoms with E-state index < -0.39 is 12.0 Å². The number of aliphatic carboxylic acids is 1. The Labute approximate surface area is 97.4 Å². The fourth-order valence-electron chi connectivity index (χ4n) is 2.03. The van der Waals surface area contributed by atoms with E-state index >= 15 is 0 Å². The van der Waals surface area contributed by atoms with Crippen molar-refractivity contribution >= 4 is 5.97 Å². The van der Waals surface area contributed by atoms with Crippen LogP contribution in [0.1, 0.15) is 13.3 Å². The van der Waals surface area contributed by atoms with Gasteiger partial charge in [-0.15, -0.1) is 0 Å². The molecule has 0 aromatic rings. The molecule has 0 radical (unpaired) electrons. The molecule has 1 fully saturated rings. The summed E-state index contributed by atoms with van der Waals surface area (Å²) < 4.78 is 0. The monoisotopic (exact) mass is 229 g/mol. The van der Waals surface area contributed by atoms with Crippen LogP contribution in [0.3, 0.4) is 0 Å². The molecule has 0 amide bonds. The van der Waals surface area contributed by atoms with Crippen molar-refractivity contribution in [1.29, 1.82) is 0 Å². The SMILES string of the molecule is CNC(CCN1CCN(C)C(C)C1)C(=O)O. The second-order valence-electron chi connectivity index (χ2n) is 4.60. The third kappa shape index (κ3) is 3.73. The standard InChI is InChI=1S/C11H23N3O2/c1-9-8-14(7-6-13(9)3)5-4-10(12-2)11(15)16/h9-10,12H,4-8H2,1-3H3,(H,15,16). The van der Waals surface area contributed by atoms with Crippen molar-refractivity contribution in [2.75, 3.05) is 40.3 Å². The summed E-state index contributed by atoms with van der Waals surface area (Å²) in [6, 6.07) is 0.140. The highest BCUT2D eigenvalue weighted by Crippen LogP contribution is 2.08. The lowest BCUT2D eigenvalue weighted by Crippen LogP contribution is -2.51. The maximum atomic E-state index is 10.8. The van der Waals surface area contributed by atoms with Crippen LogP contribution in [-0.2, 0) is 4.79 Å². The molecule has 1 heterocycles. The Morgan fingerprint density at radius 3 is 2.75 bits per heavy atom. The van der Waals surface area contributed by atoms with E-state index in [4.69, 9.17) is 5.11 Å². The minimum absolute atomic E-state index is 0.421. The smallest absolute Gasteiger partial charge is 0.320 e. The highest BCUT2D eigenvalue weighted by atomic mass is 16.4. The van der Waals surface area contributed by atoms with Gasteiger partial charge in [-0.25, -0.2) is 0 Å². The lowest BCUT2D eigenvalue weighted by molar-refractivity contribution is -0.139. The maximum absolute atomic E-state index is 10.8. The van der Waals surface area contributed by atoms with Crippen LogP contribution in [0.2, 0.25) is 0 Å². The maximum Gasteiger partial charge on any atom is 0.320 e. The van der Waals surface area contributed by atoms with Crippen molar-refractivity contribution in [1.82, 2.24) is 15.1 Å². The van der Waals surface area contributed by atoms with Gasteiger partial charge in [0, 0.05) is 32.2 Å². The molecule has 2 atom stereocenters. The van der Waals surface area contributed by atoms with Gasteiger partial charge in [-0.3, -0.25) is 4.79 Å². The van der Waals surface area contributed by atoms with Crippen LogP contribution < -0.4 is 5.32 Å². The summed E-state index contributed by atoms with van der Waals surface area (Å²) in [6.45, 7) is 6.21. The molecule has 1 rings (SSSR count).